The molecule has 0 aromatic carbocycles. The van der Waals surface area contributed by atoms with Crippen LogP contribution in [0.25, 0.3) is 0 Å². The molecule has 0 saturated heterocycles. The SMILES string of the molecule is C=CCN(C)C(=O)CCC[C@@H](C)C[C@H](O)C(C)(C)C. The van der Waals surface area contributed by atoms with Crippen molar-refractivity contribution in [3.8, 4) is 0 Å². The van der Waals surface area contributed by atoms with E-state index in [2.05, 4.69) is 34.3 Å². The number of rotatable bonds is 8. The quantitative estimate of drug-likeness (QED) is 0.687. The zero-order chi connectivity index (χ0) is 15.1. The Morgan fingerprint density at radius 2 is 2.00 bits per heavy atom. The molecule has 0 fully saturated rings. The van der Waals surface area contributed by atoms with Gasteiger partial charge in [0.1, 0.15) is 0 Å². The summed E-state index contributed by atoms with van der Waals surface area (Å²) < 4.78 is 0. The number of aliphatic hydroxyl groups is 1. The van der Waals surface area contributed by atoms with Crippen LogP contribution in [0.15, 0.2) is 12.7 Å². The number of carbonyl (C=O) groups excluding carboxylic acids is 1. The molecular weight excluding hydrogens is 238 g/mol. The molecule has 0 unspecified atom stereocenters. The van der Waals surface area contributed by atoms with E-state index >= 15 is 0 Å². The van der Waals surface area contributed by atoms with E-state index in [4.69, 9.17) is 0 Å². The minimum Gasteiger partial charge on any atom is -0.393 e. The predicted octanol–water partition coefficient (Wildman–Crippen LogP) is 3.23. The molecule has 19 heavy (non-hydrogen) atoms. The van der Waals surface area contributed by atoms with Crippen molar-refractivity contribution in [2.24, 2.45) is 11.3 Å². The van der Waals surface area contributed by atoms with Crippen LogP contribution in [-0.4, -0.2) is 35.6 Å². The molecular formula is C16H31NO2. The number of aliphatic hydroxyl groups excluding tert-OH is 1. The molecule has 0 bridgehead atoms. The van der Waals surface area contributed by atoms with Crippen LogP contribution in [0.4, 0.5) is 0 Å². The summed E-state index contributed by atoms with van der Waals surface area (Å²) in [4.78, 5) is 13.4. The summed E-state index contributed by atoms with van der Waals surface area (Å²) >= 11 is 0. The van der Waals surface area contributed by atoms with Crippen LogP contribution in [0.3, 0.4) is 0 Å². The summed E-state index contributed by atoms with van der Waals surface area (Å²) in [6, 6.07) is 0. The number of amides is 1. The summed E-state index contributed by atoms with van der Waals surface area (Å²) in [6.45, 7) is 12.5. The number of carbonyl (C=O) groups is 1. The van der Waals surface area contributed by atoms with Crippen molar-refractivity contribution in [1.29, 1.82) is 0 Å². The van der Waals surface area contributed by atoms with E-state index in [1.54, 1.807) is 18.0 Å². The molecule has 0 aliphatic carbocycles. The summed E-state index contributed by atoms with van der Waals surface area (Å²) in [7, 11) is 1.80. The molecule has 112 valence electrons. The molecule has 0 heterocycles. The van der Waals surface area contributed by atoms with Crippen LogP contribution in [0.5, 0.6) is 0 Å². The summed E-state index contributed by atoms with van der Waals surface area (Å²) in [6.07, 6.45) is 4.72. The molecule has 0 radical (unpaired) electrons. The lowest BCUT2D eigenvalue weighted by Crippen LogP contribution is -2.28. The first-order valence-corrected chi connectivity index (χ1v) is 7.21. The third-order valence-corrected chi connectivity index (χ3v) is 3.54. The van der Waals surface area contributed by atoms with Crippen LogP contribution in [0, 0.1) is 11.3 Å². The highest BCUT2D eigenvalue weighted by molar-refractivity contribution is 5.75. The number of hydrogen-bond donors (Lipinski definition) is 1. The van der Waals surface area contributed by atoms with Gasteiger partial charge in [0.2, 0.25) is 5.91 Å². The molecule has 0 aromatic heterocycles. The summed E-state index contributed by atoms with van der Waals surface area (Å²) in [5, 5.41) is 10.0. The maximum absolute atomic E-state index is 11.7. The lowest BCUT2D eigenvalue weighted by atomic mass is 9.83. The second kappa shape index (κ2) is 8.36. The minimum atomic E-state index is -0.276. The molecule has 0 aliphatic rings. The summed E-state index contributed by atoms with van der Waals surface area (Å²) in [5.74, 6) is 0.621. The van der Waals surface area contributed by atoms with Gasteiger partial charge in [-0.05, 0) is 24.2 Å². The Hall–Kier alpha value is -0.830. The smallest absolute Gasteiger partial charge is 0.222 e. The van der Waals surface area contributed by atoms with Gasteiger partial charge in [-0.25, -0.2) is 0 Å². The second-order valence-corrected chi connectivity index (χ2v) is 6.68. The minimum absolute atomic E-state index is 0.0613. The van der Waals surface area contributed by atoms with E-state index in [-0.39, 0.29) is 17.4 Å². The molecule has 1 amide bonds. The van der Waals surface area contributed by atoms with Gasteiger partial charge < -0.3 is 10.0 Å². The first-order chi connectivity index (χ1) is 8.68. The van der Waals surface area contributed by atoms with Crippen molar-refractivity contribution >= 4 is 5.91 Å². The van der Waals surface area contributed by atoms with Crippen LogP contribution in [-0.2, 0) is 4.79 Å². The molecule has 0 rings (SSSR count). The summed E-state index contributed by atoms with van der Waals surface area (Å²) in [5.41, 5.74) is -0.0613. The fraction of sp³-hybridized carbons (Fsp3) is 0.812. The standard InChI is InChI=1S/C16H31NO2/c1-7-11-17(6)15(19)10-8-9-13(2)12-14(18)16(3,4)5/h7,13-14,18H,1,8-12H2,2-6H3/t13-,14+/m1/s1. The average Bonchev–Trinajstić information content (AvgIpc) is 2.27. The van der Waals surface area contributed by atoms with Gasteiger partial charge in [0.05, 0.1) is 6.10 Å². The third-order valence-electron chi connectivity index (χ3n) is 3.54. The highest BCUT2D eigenvalue weighted by Gasteiger charge is 2.23. The Labute approximate surface area is 118 Å². The van der Waals surface area contributed by atoms with E-state index in [1.165, 1.54) is 0 Å². The van der Waals surface area contributed by atoms with Crippen LogP contribution < -0.4 is 0 Å². The Kier molecular flexibility index (Phi) is 8.00. The molecule has 1 N–H and O–H groups in total. The van der Waals surface area contributed by atoms with Crippen molar-refractivity contribution < 1.29 is 9.90 Å². The number of nitrogens with zero attached hydrogens (tertiary/aromatic N) is 1. The van der Waals surface area contributed by atoms with E-state index < -0.39 is 0 Å². The Morgan fingerprint density at radius 1 is 1.42 bits per heavy atom. The molecule has 0 spiro atoms. The van der Waals surface area contributed by atoms with Crippen molar-refractivity contribution in [3.05, 3.63) is 12.7 Å². The normalized spacial score (nSPS) is 14.8. The Balaban J connectivity index is 3.89. The highest BCUT2D eigenvalue weighted by Crippen LogP contribution is 2.26. The predicted molar refractivity (Wildman–Crippen MR) is 80.9 cm³/mol. The molecule has 3 heteroatoms. The van der Waals surface area contributed by atoms with E-state index in [1.807, 2.05) is 0 Å². The van der Waals surface area contributed by atoms with Gasteiger partial charge in [0, 0.05) is 20.0 Å². The van der Waals surface area contributed by atoms with Crippen LogP contribution in [0.1, 0.15) is 53.4 Å². The highest BCUT2D eigenvalue weighted by atomic mass is 16.3. The van der Waals surface area contributed by atoms with Crippen LogP contribution >= 0.6 is 0 Å². The molecule has 0 aliphatic heterocycles. The second-order valence-electron chi connectivity index (χ2n) is 6.68. The average molecular weight is 269 g/mol. The molecule has 3 nitrogen and oxygen atoms in total. The Bertz CT molecular complexity index is 281. The van der Waals surface area contributed by atoms with Gasteiger partial charge in [-0.2, -0.15) is 0 Å². The van der Waals surface area contributed by atoms with Gasteiger partial charge in [0.15, 0.2) is 0 Å². The van der Waals surface area contributed by atoms with E-state index in [0.29, 0.717) is 18.9 Å². The van der Waals surface area contributed by atoms with Crippen LogP contribution in [0.2, 0.25) is 0 Å². The number of likely N-dealkylation sites (N-methyl/N-ethyl adjacent to an activating group) is 1. The van der Waals surface area contributed by atoms with E-state index in [9.17, 15) is 9.90 Å². The first-order valence-electron chi connectivity index (χ1n) is 7.21. The third kappa shape index (κ3) is 8.04. The van der Waals surface area contributed by atoms with Crippen molar-refractivity contribution in [2.75, 3.05) is 13.6 Å². The lowest BCUT2D eigenvalue weighted by Gasteiger charge is -2.28. The lowest BCUT2D eigenvalue weighted by molar-refractivity contribution is -0.129. The van der Waals surface area contributed by atoms with Gasteiger partial charge >= 0.3 is 0 Å². The van der Waals surface area contributed by atoms with Gasteiger partial charge in [-0.15, -0.1) is 6.58 Å². The van der Waals surface area contributed by atoms with Gasteiger partial charge in [-0.1, -0.05) is 40.2 Å². The van der Waals surface area contributed by atoms with Gasteiger partial charge in [0.25, 0.3) is 0 Å². The molecule has 2 atom stereocenters. The largest absolute Gasteiger partial charge is 0.393 e. The van der Waals surface area contributed by atoms with E-state index in [0.717, 1.165) is 19.3 Å². The maximum Gasteiger partial charge on any atom is 0.222 e. The monoisotopic (exact) mass is 269 g/mol. The fourth-order valence-electron chi connectivity index (χ4n) is 1.94. The topological polar surface area (TPSA) is 40.5 Å². The van der Waals surface area contributed by atoms with Gasteiger partial charge in [-0.3, -0.25) is 4.79 Å². The Morgan fingerprint density at radius 3 is 2.47 bits per heavy atom. The molecule has 0 saturated carbocycles. The number of hydrogen-bond acceptors (Lipinski definition) is 2. The van der Waals surface area contributed by atoms with Crippen molar-refractivity contribution in [2.45, 2.75) is 59.5 Å². The maximum atomic E-state index is 11.7. The zero-order valence-corrected chi connectivity index (χ0v) is 13.3. The molecule has 0 aromatic rings. The zero-order valence-electron chi connectivity index (χ0n) is 13.3. The van der Waals surface area contributed by atoms with Crippen molar-refractivity contribution in [3.63, 3.8) is 0 Å². The first kappa shape index (κ1) is 18.2. The van der Waals surface area contributed by atoms with Crippen molar-refractivity contribution in [1.82, 2.24) is 4.90 Å². The fourth-order valence-corrected chi connectivity index (χ4v) is 1.94.